The maximum atomic E-state index is 11.4. The monoisotopic (exact) mass is 402 g/mol. The van der Waals surface area contributed by atoms with Gasteiger partial charge in [0.05, 0.1) is 5.60 Å². The number of hydrogen-bond donors (Lipinski definition) is 2. The van der Waals surface area contributed by atoms with Crippen molar-refractivity contribution >= 4 is 15.9 Å². The van der Waals surface area contributed by atoms with Crippen LogP contribution < -0.4 is 5.32 Å². The fourth-order valence-electron chi connectivity index (χ4n) is 3.65. The molecule has 0 saturated carbocycles. The van der Waals surface area contributed by atoms with E-state index in [4.69, 9.17) is 0 Å². The van der Waals surface area contributed by atoms with Crippen molar-refractivity contribution in [3.05, 3.63) is 70.2 Å². The van der Waals surface area contributed by atoms with Crippen molar-refractivity contribution in [2.45, 2.75) is 30.9 Å². The Bertz CT molecular complexity index is 669. The summed E-state index contributed by atoms with van der Waals surface area (Å²) < 4.78 is 1.06. The van der Waals surface area contributed by atoms with E-state index in [1.807, 2.05) is 12.1 Å². The number of hydrogen-bond acceptors (Lipinski definition) is 3. The first-order valence-electron chi connectivity index (χ1n) is 8.98. The molecule has 1 heterocycles. The van der Waals surface area contributed by atoms with Crippen LogP contribution in [0.1, 0.15) is 29.9 Å². The number of nitrogens with zero attached hydrogens (tertiary/aromatic N) is 1. The molecule has 1 aliphatic rings. The lowest BCUT2D eigenvalue weighted by atomic mass is 9.76. The molecule has 0 spiro atoms. The van der Waals surface area contributed by atoms with Crippen LogP contribution in [0.15, 0.2) is 59.1 Å². The van der Waals surface area contributed by atoms with Gasteiger partial charge in [-0.15, -0.1) is 0 Å². The molecule has 25 heavy (non-hydrogen) atoms. The zero-order chi connectivity index (χ0) is 17.7. The lowest BCUT2D eigenvalue weighted by molar-refractivity contribution is -0.0382. The van der Waals surface area contributed by atoms with Crippen molar-refractivity contribution < 1.29 is 5.11 Å². The molecule has 1 aliphatic heterocycles. The van der Waals surface area contributed by atoms with Gasteiger partial charge in [-0.1, -0.05) is 58.4 Å². The van der Waals surface area contributed by atoms with Crippen LogP contribution in [0.4, 0.5) is 0 Å². The Hall–Kier alpha value is -1.20. The molecule has 2 N–H and O–H groups in total. The highest BCUT2D eigenvalue weighted by atomic mass is 79.9. The first kappa shape index (κ1) is 18.6. The minimum absolute atomic E-state index is 0.0856. The van der Waals surface area contributed by atoms with Crippen LogP contribution in [-0.4, -0.2) is 42.3 Å². The van der Waals surface area contributed by atoms with E-state index in [9.17, 15) is 5.11 Å². The standard InChI is InChI=1S/C21H27BrN2O/c1-24-12-10-21(25,11-13-24)20(18-8-5-9-19(22)14-18)16-23-15-17-6-3-2-4-7-17/h2-9,14,20,23,25H,10-13,15-16H2,1H3. The highest BCUT2D eigenvalue weighted by Gasteiger charge is 2.39. The van der Waals surface area contributed by atoms with E-state index in [-0.39, 0.29) is 5.92 Å². The van der Waals surface area contributed by atoms with Gasteiger partial charge in [-0.2, -0.15) is 0 Å². The Morgan fingerprint density at radius 2 is 1.84 bits per heavy atom. The number of aliphatic hydroxyl groups is 1. The summed E-state index contributed by atoms with van der Waals surface area (Å²) in [6.45, 7) is 3.48. The molecule has 1 fully saturated rings. The molecular weight excluding hydrogens is 376 g/mol. The Kier molecular flexibility index (Phi) is 6.29. The van der Waals surface area contributed by atoms with Crippen LogP contribution >= 0.6 is 15.9 Å². The molecule has 0 aromatic heterocycles. The van der Waals surface area contributed by atoms with Gasteiger partial charge in [-0.3, -0.25) is 0 Å². The lowest BCUT2D eigenvalue weighted by Crippen LogP contribution is -2.49. The van der Waals surface area contributed by atoms with E-state index in [2.05, 4.69) is 75.7 Å². The molecular formula is C21H27BrN2O. The summed E-state index contributed by atoms with van der Waals surface area (Å²) in [5.74, 6) is 0.0856. The Balaban J connectivity index is 1.74. The summed E-state index contributed by atoms with van der Waals surface area (Å²) in [7, 11) is 2.13. The number of rotatable bonds is 6. The van der Waals surface area contributed by atoms with E-state index >= 15 is 0 Å². The quantitative estimate of drug-likeness (QED) is 0.771. The van der Waals surface area contributed by atoms with Crippen LogP contribution in [0, 0.1) is 0 Å². The second kappa shape index (κ2) is 8.45. The third-order valence-corrected chi connectivity index (χ3v) is 5.77. The molecule has 0 amide bonds. The molecule has 2 aromatic rings. The van der Waals surface area contributed by atoms with Gasteiger partial charge in [0, 0.05) is 36.6 Å². The molecule has 4 heteroatoms. The molecule has 1 saturated heterocycles. The Labute approximate surface area is 159 Å². The van der Waals surface area contributed by atoms with Gasteiger partial charge in [0.1, 0.15) is 0 Å². The van der Waals surface area contributed by atoms with Gasteiger partial charge in [-0.25, -0.2) is 0 Å². The van der Waals surface area contributed by atoms with E-state index in [0.717, 1.165) is 43.5 Å². The van der Waals surface area contributed by atoms with Crippen molar-refractivity contribution in [3.8, 4) is 0 Å². The average molecular weight is 403 g/mol. The molecule has 3 rings (SSSR count). The van der Waals surface area contributed by atoms with E-state index in [1.165, 1.54) is 11.1 Å². The maximum absolute atomic E-state index is 11.4. The van der Waals surface area contributed by atoms with E-state index in [0.29, 0.717) is 0 Å². The predicted molar refractivity (Wildman–Crippen MR) is 107 cm³/mol. The number of benzene rings is 2. The topological polar surface area (TPSA) is 35.5 Å². The fourth-order valence-corrected chi connectivity index (χ4v) is 4.07. The second-order valence-electron chi connectivity index (χ2n) is 7.13. The first-order valence-corrected chi connectivity index (χ1v) is 9.77. The van der Waals surface area contributed by atoms with Crippen LogP contribution in [0.5, 0.6) is 0 Å². The maximum Gasteiger partial charge on any atom is 0.0752 e. The molecule has 1 atom stereocenters. The minimum atomic E-state index is -0.656. The summed E-state index contributed by atoms with van der Waals surface area (Å²) >= 11 is 3.58. The van der Waals surface area contributed by atoms with Crippen LogP contribution in [0.2, 0.25) is 0 Å². The predicted octanol–water partition coefficient (Wildman–Crippen LogP) is 3.78. The normalized spacial score (nSPS) is 18.8. The molecule has 0 bridgehead atoms. The van der Waals surface area contributed by atoms with Gasteiger partial charge in [0.2, 0.25) is 0 Å². The summed E-state index contributed by atoms with van der Waals surface area (Å²) in [6.07, 6.45) is 1.63. The average Bonchev–Trinajstić information content (AvgIpc) is 2.62. The minimum Gasteiger partial charge on any atom is -0.389 e. The largest absolute Gasteiger partial charge is 0.389 e. The third kappa shape index (κ3) is 4.91. The van der Waals surface area contributed by atoms with Gasteiger partial charge in [-0.05, 0) is 43.1 Å². The summed E-state index contributed by atoms with van der Waals surface area (Å²) in [5.41, 5.74) is 1.81. The van der Waals surface area contributed by atoms with Crippen molar-refractivity contribution in [2.75, 3.05) is 26.7 Å². The van der Waals surface area contributed by atoms with Crippen molar-refractivity contribution in [1.29, 1.82) is 0 Å². The van der Waals surface area contributed by atoms with Gasteiger partial charge in [0.15, 0.2) is 0 Å². The molecule has 2 aromatic carbocycles. The van der Waals surface area contributed by atoms with Crippen molar-refractivity contribution in [1.82, 2.24) is 10.2 Å². The smallest absolute Gasteiger partial charge is 0.0752 e. The third-order valence-electron chi connectivity index (χ3n) is 5.27. The van der Waals surface area contributed by atoms with Crippen LogP contribution in [-0.2, 0) is 6.54 Å². The molecule has 0 radical (unpaired) electrons. The SMILES string of the molecule is CN1CCC(O)(C(CNCc2ccccc2)c2cccc(Br)c2)CC1. The summed E-state index contributed by atoms with van der Waals surface area (Å²) in [6, 6.07) is 18.8. The van der Waals surface area contributed by atoms with Crippen molar-refractivity contribution in [3.63, 3.8) is 0 Å². The van der Waals surface area contributed by atoms with Gasteiger partial charge >= 0.3 is 0 Å². The summed E-state index contributed by atoms with van der Waals surface area (Å²) in [5, 5.41) is 15.0. The van der Waals surface area contributed by atoms with Crippen LogP contribution in [0.3, 0.4) is 0 Å². The highest BCUT2D eigenvalue weighted by molar-refractivity contribution is 9.10. The van der Waals surface area contributed by atoms with Crippen LogP contribution in [0.25, 0.3) is 0 Å². The number of halogens is 1. The molecule has 134 valence electrons. The van der Waals surface area contributed by atoms with E-state index < -0.39 is 5.60 Å². The molecule has 3 nitrogen and oxygen atoms in total. The molecule has 0 aliphatic carbocycles. The van der Waals surface area contributed by atoms with Crippen molar-refractivity contribution in [2.24, 2.45) is 0 Å². The van der Waals surface area contributed by atoms with Gasteiger partial charge < -0.3 is 15.3 Å². The zero-order valence-electron chi connectivity index (χ0n) is 14.8. The summed E-state index contributed by atoms with van der Waals surface area (Å²) in [4.78, 5) is 2.30. The fraction of sp³-hybridized carbons (Fsp3) is 0.429. The Morgan fingerprint density at radius 1 is 1.12 bits per heavy atom. The lowest BCUT2D eigenvalue weighted by Gasteiger charge is -2.42. The zero-order valence-corrected chi connectivity index (χ0v) is 16.4. The van der Waals surface area contributed by atoms with Gasteiger partial charge in [0.25, 0.3) is 0 Å². The highest BCUT2D eigenvalue weighted by Crippen LogP contribution is 2.37. The first-order chi connectivity index (χ1) is 12.1. The second-order valence-corrected chi connectivity index (χ2v) is 8.05. The number of nitrogens with one attached hydrogen (secondary N) is 1. The Morgan fingerprint density at radius 3 is 2.52 bits per heavy atom. The molecule has 1 unspecified atom stereocenters. The number of piperidine rings is 1. The van der Waals surface area contributed by atoms with E-state index in [1.54, 1.807) is 0 Å². The number of likely N-dealkylation sites (tertiary alicyclic amines) is 1.